The highest BCUT2D eigenvalue weighted by molar-refractivity contribution is 7.07. The van der Waals surface area contributed by atoms with Gasteiger partial charge >= 0.3 is 0 Å². The van der Waals surface area contributed by atoms with Gasteiger partial charge in [0.2, 0.25) is 0 Å². The zero-order valence-electron chi connectivity index (χ0n) is 12.4. The van der Waals surface area contributed by atoms with E-state index < -0.39 is 0 Å². The number of ether oxygens (including phenoxy) is 1. The molecule has 1 heterocycles. The Morgan fingerprint density at radius 2 is 1.95 bits per heavy atom. The lowest BCUT2D eigenvalue weighted by atomic mass is 10.1. The lowest BCUT2D eigenvalue weighted by molar-refractivity contribution is 0.239. The molecule has 0 aliphatic heterocycles. The first kappa shape index (κ1) is 15.1. The number of rotatable bonds is 7. The smallest absolute Gasteiger partial charge is 0.124 e. The fraction of sp³-hybridized carbons (Fsp3) is 0.412. The first-order valence-electron chi connectivity index (χ1n) is 7.14. The first-order valence-corrected chi connectivity index (χ1v) is 8.08. The fourth-order valence-corrected chi connectivity index (χ4v) is 2.82. The largest absolute Gasteiger partial charge is 0.491 e. The van der Waals surface area contributed by atoms with Crippen LogP contribution in [0, 0.1) is 0 Å². The quantitative estimate of drug-likeness (QED) is 0.822. The molecule has 0 spiro atoms. The summed E-state index contributed by atoms with van der Waals surface area (Å²) in [6.07, 6.45) is 1.27. The Kier molecular flexibility index (Phi) is 5.62. The van der Waals surface area contributed by atoms with E-state index in [-0.39, 0.29) is 6.10 Å². The molecule has 2 rings (SSSR count). The van der Waals surface area contributed by atoms with Gasteiger partial charge in [0.1, 0.15) is 5.75 Å². The van der Waals surface area contributed by atoms with Crippen LogP contribution in [-0.4, -0.2) is 12.1 Å². The second-order valence-corrected chi connectivity index (χ2v) is 6.17. The molecular weight excluding hydrogens is 266 g/mol. The third-order valence-corrected chi connectivity index (χ3v) is 3.83. The Bertz CT molecular complexity index is 507. The number of nitrogens with one attached hydrogen (secondary N) is 1. The number of para-hydroxylation sites is 1. The van der Waals surface area contributed by atoms with Gasteiger partial charge in [-0.1, -0.05) is 18.2 Å². The molecule has 2 nitrogen and oxygen atoms in total. The van der Waals surface area contributed by atoms with Crippen LogP contribution in [0.3, 0.4) is 0 Å². The molecule has 0 fully saturated rings. The molecule has 0 saturated heterocycles. The highest BCUT2D eigenvalue weighted by atomic mass is 32.1. The summed E-state index contributed by atoms with van der Waals surface area (Å²) in [5.41, 5.74) is 2.63. The summed E-state index contributed by atoms with van der Waals surface area (Å²) in [6.45, 7) is 7.19. The molecule has 0 amide bonds. The summed E-state index contributed by atoms with van der Waals surface area (Å²) in [7, 11) is 0. The molecule has 0 aliphatic rings. The summed E-state index contributed by atoms with van der Waals surface area (Å²) in [5, 5.41) is 7.92. The van der Waals surface area contributed by atoms with Crippen molar-refractivity contribution in [2.24, 2.45) is 0 Å². The van der Waals surface area contributed by atoms with Gasteiger partial charge in [-0.3, -0.25) is 0 Å². The molecule has 1 aromatic carbocycles. The summed E-state index contributed by atoms with van der Waals surface area (Å²) < 4.78 is 5.85. The minimum absolute atomic E-state index is 0.208. The summed E-state index contributed by atoms with van der Waals surface area (Å²) in [4.78, 5) is 0. The van der Waals surface area contributed by atoms with Crippen molar-refractivity contribution in [2.45, 2.75) is 45.9 Å². The third-order valence-electron chi connectivity index (χ3n) is 3.10. The molecule has 0 saturated carbocycles. The van der Waals surface area contributed by atoms with Gasteiger partial charge in [-0.15, -0.1) is 0 Å². The van der Waals surface area contributed by atoms with Crippen molar-refractivity contribution < 1.29 is 4.74 Å². The molecule has 20 heavy (non-hydrogen) atoms. The third kappa shape index (κ3) is 4.66. The second-order valence-electron chi connectivity index (χ2n) is 5.39. The van der Waals surface area contributed by atoms with Crippen molar-refractivity contribution in [3.63, 3.8) is 0 Å². The molecule has 0 bridgehead atoms. The Labute approximate surface area is 125 Å². The lowest BCUT2D eigenvalue weighted by Crippen LogP contribution is -2.27. The zero-order chi connectivity index (χ0) is 14.4. The second kappa shape index (κ2) is 7.46. The van der Waals surface area contributed by atoms with Crippen molar-refractivity contribution in [1.82, 2.24) is 5.32 Å². The van der Waals surface area contributed by atoms with Crippen LogP contribution < -0.4 is 10.1 Å². The van der Waals surface area contributed by atoms with Gasteiger partial charge in [0.25, 0.3) is 0 Å². The maximum atomic E-state index is 5.85. The summed E-state index contributed by atoms with van der Waals surface area (Å²) in [5.74, 6) is 0.984. The topological polar surface area (TPSA) is 21.3 Å². The van der Waals surface area contributed by atoms with E-state index in [4.69, 9.17) is 4.74 Å². The van der Waals surface area contributed by atoms with Crippen molar-refractivity contribution in [3.05, 3.63) is 52.2 Å². The summed E-state index contributed by atoms with van der Waals surface area (Å²) >= 11 is 1.76. The van der Waals surface area contributed by atoms with E-state index >= 15 is 0 Å². The van der Waals surface area contributed by atoms with Crippen LogP contribution in [0.15, 0.2) is 41.1 Å². The van der Waals surface area contributed by atoms with Crippen molar-refractivity contribution >= 4 is 11.3 Å². The Hall–Kier alpha value is -1.32. The van der Waals surface area contributed by atoms with E-state index in [1.54, 1.807) is 11.3 Å². The van der Waals surface area contributed by atoms with Gasteiger partial charge in [-0.2, -0.15) is 11.3 Å². The lowest BCUT2D eigenvalue weighted by Gasteiger charge is -2.17. The van der Waals surface area contributed by atoms with Crippen LogP contribution >= 0.6 is 11.3 Å². The molecule has 1 aromatic heterocycles. The molecule has 1 N–H and O–H groups in total. The average Bonchev–Trinajstić information content (AvgIpc) is 2.90. The Morgan fingerprint density at radius 3 is 2.65 bits per heavy atom. The zero-order valence-corrected chi connectivity index (χ0v) is 13.2. The summed E-state index contributed by atoms with van der Waals surface area (Å²) in [6, 6.07) is 10.9. The molecule has 1 atom stereocenters. The molecule has 0 aliphatic carbocycles. The van der Waals surface area contributed by atoms with Crippen LogP contribution in [-0.2, 0) is 13.0 Å². The minimum atomic E-state index is 0.208. The fourth-order valence-electron chi connectivity index (χ4n) is 2.14. The van der Waals surface area contributed by atoms with Gasteiger partial charge in [0.15, 0.2) is 0 Å². The molecule has 2 aromatic rings. The molecule has 1 unspecified atom stereocenters. The number of thiophene rings is 1. The van der Waals surface area contributed by atoms with Gasteiger partial charge < -0.3 is 10.1 Å². The standard InChI is InChI=1S/C17H23NOS/c1-13(2)19-17-7-5-4-6-16(17)11-18-14(3)10-15-8-9-20-12-15/h4-9,12-14,18H,10-11H2,1-3H3. The predicted octanol–water partition coefficient (Wildman–Crippen LogP) is 4.26. The highest BCUT2D eigenvalue weighted by Crippen LogP contribution is 2.19. The van der Waals surface area contributed by atoms with Gasteiger partial charge in [0, 0.05) is 18.2 Å². The molecule has 3 heteroatoms. The monoisotopic (exact) mass is 289 g/mol. The van der Waals surface area contributed by atoms with Crippen molar-refractivity contribution in [3.8, 4) is 5.75 Å². The van der Waals surface area contributed by atoms with E-state index in [0.29, 0.717) is 6.04 Å². The van der Waals surface area contributed by atoms with Crippen molar-refractivity contribution in [1.29, 1.82) is 0 Å². The molecule has 108 valence electrons. The van der Waals surface area contributed by atoms with Crippen LogP contribution in [0.5, 0.6) is 5.75 Å². The van der Waals surface area contributed by atoms with Crippen LogP contribution in [0.25, 0.3) is 0 Å². The highest BCUT2D eigenvalue weighted by Gasteiger charge is 2.07. The van der Waals surface area contributed by atoms with Gasteiger partial charge in [-0.25, -0.2) is 0 Å². The van der Waals surface area contributed by atoms with Crippen molar-refractivity contribution in [2.75, 3.05) is 0 Å². The normalized spacial score (nSPS) is 12.6. The maximum Gasteiger partial charge on any atom is 0.124 e. The van der Waals surface area contributed by atoms with Crippen LogP contribution in [0.4, 0.5) is 0 Å². The molecular formula is C17H23NOS. The van der Waals surface area contributed by atoms with E-state index in [0.717, 1.165) is 18.7 Å². The van der Waals surface area contributed by atoms with Gasteiger partial charge in [-0.05, 0) is 55.6 Å². The number of benzene rings is 1. The Balaban J connectivity index is 1.90. The SMILES string of the molecule is CC(Cc1ccsc1)NCc1ccccc1OC(C)C. The average molecular weight is 289 g/mol. The maximum absolute atomic E-state index is 5.85. The minimum Gasteiger partial charge on any atom is -0.491 e. The first-order chi connectivity index (χ1) is 9.65. The van der Waals surface area contributed by atoms with Crippen LogP contribution in [0.1, 0.15) is 31.9 Å². The van der Waals surface area contributed by atoms with E-state index in [2.05, 4.69) is 55.0 Å². The number of hydrogen-bond donors (Lipinski definition) is 1. The van der Waals surface area contributed by atoms with Gasteiger partial charge in [0.05, 0.1) is 6.10 Å². The Morgan fingerprint density at radius 1 is 1.15 bits per heavy atom. The number of hydrogen-bond acceptors (Lipinski definition) is 3. The predicted molar refractivity (Wildman–Crippen MR) is 86.5 cm³/mol. The molecule has 0 radical (unpaired) electrons. The van der Waals surface area contributed by atoms with E-state index in [1.807, 2.05) is 12.1 Å². The van der Waals surface area contributed by atoms with E-state index in [1.165, 1.54) is 11.1 Å². The van der Waals surface area contributed by atoms with E-state index in [9.17, 15) is 0 Å². The van der Waals surface area contributed by atoms with Crippen LogP contribution in [0.2, 0.25) is 0 Å².